The summed E-state index contributed by atoms with van der Waals surface area (Å²) in [6, 6.07) is 2.65. The molecule has 120 valence electrons. The topological polar surface area (TPSA) is 39.1 Å². The molecule has 0 amide bonds. The van der Waals surface area contributed by atoms with Crippen molar-refractivity contribution in [3.05, 3.63) is 18.0 Å². The lowest BCUT2D eigenvalue weighted by molar-refractivity contribution is 0.0472. The van der Waals surface area contributed by atoms with Gasteiger partial charge in [-0.25, -0.2) is 0 Å². The van der Waals surface area contributed by atoms with Gasteiger partial charge in [0.2, 0.25) is 0 Å². The van der Waals surface area contributed by atoms with E-state index in [1.165, 1.54) is 12.1 Å². The van der Waals surface area contributed by atoms with Crippen molar-refractivity contribution >= 4 is 0 Å². The van der Waals surface area contributed by atoms with Gasteiger partial charge in [0.25, 0.3) is 0 Å². The van der Waals surface area contributed by atoms with Gasteiger partial charge in [0, 0.05) is 30.9 Å². The summed E-state index contributed by atoms with van der Waals surface area (Å²) in [5, 5.41) is 8.03. The average molecular weight is 293 g/mol. The van der Waals surface area contributed by atoms with Crippen LogP contribution in [-0.4, -0.2) is 34.6 Å². The van der Waals surface area contributed by atoms with Crippen LogP contribution in [0.25, 0.3) is 0 Å². The molecule has 0 saturated carbocycles. The van der Waals surface area contributed by atoms with E-state index in [-0.39, 0.29) is 0 Å². The minimum Gasteiger partial charge on any atom is -0.375 e. The molecule has 1 N–H and O–H groups in total. The summed E-state index contributed by atoms with van der Waals surface area (Å²) >= 11 is 0. The Morgan fingerprint density at radius 3 is 2.62 bits per heavy atom. The van der Waals surface area contributed by atoms with E-state index in [0.717, 1.165) is 19.4 Å². The summed E-state index contributed by atoms with van der Waals surface area (Å²) in [4.78, 5) is 0. The predicted molar refractivity (Wildman–Crippen MR) is 86.3 cm³/mol. The first-order valence-electron chi connectivity index (χ1n) is 8.40. The number of nitrogens with one attached hydrogen (secondary N) is 1. The number of aryl methyl sites for hydroxylation is 2. The van der Waals surface area contributed by atoms with Gasteiger partial charge in [-0.3, -0.25) is 4.68 Å². The molecule has 2 heterocycles. The molecular weight excluding hydrogens is 262 g/mol. The molecule has 5 unspecified atom stereocenters. The van der Waals surface area contributed by atoms with Crippen molar-refractivity contribution in [2.45, 2.75) is 65.2 Å². The molecule has 2 rings (SSSR count). The highest BCUT2D eigenvalue weighted by molar-refractivity contribution is 5.02. The van der Waals surface area contributed by atoms with Gasteiger partial charge in [0.1, 0.15) is 0 Å². The maximum absolute atomic E-state index is 6.05. The van der Waals surface area contributed by atoms with Gasteiger partial charge in [-0.15, -0.1) is 0 Å². The molecule has 1 fully saturated rings. The minimum absolute atomic E-state index is 0.343. The average Bonchev–Trinajstić information content (AvgIpc) is 2.96. The second-order valence-corrected chi connectivity index (χ2v) is 6.53. The quantitative estimate of drug-likeness (QED) is 0.840. The summed E-state index contributed by atoms with van der Waals surface area (Å²) in [5.41, 5.74) is 1.31. The van der Waals surface area contributed by atoms with Gasteiger partial charge in [0.15, 0.2) is 0 Å². The lowest BCUT2D eigenvalue weighted by Crippen LogP contribution is -2.42. The Balaban J connectivity index is 2.02. The van der Waals surface area contributed by atoms with Crippen LogP contribution >= 0.6 is 0 Å². The number of rotatable bonds is 7. The molecule has 1 aliphatic heterocycles. The van der Waals surface area contributed by atoms with E-state index < -0.39 is 0 Å². The van der Waals surface area contributed by atoms with Crippen LogP contribution in [0, 0.1) is 11.8 Å². The maximum Gasteiger partial charge on any atom is 0.0597 e. The van der Waals surface area contributed by atoms with Crippen LogP contribution in [0.15, 0.2) is 12.3 Å². The van der Waals surface area contributed by atoms with Crippen LogP contribution < -0.4 is 5.32 Å². The van der Waals surface area contributed by atoms with Crippen molar-refractivity contribution in [3.8, 4) is 0 Å². The van der Waals surface area contributed by atoms with Crippen LogP contribution in [0.2, 0.25) is 0 Å². The molecule has 1 aliphatic rings. The zero-order valence-electron chi connectivity index (χ0n) is 14.2. The Morgan fingerprint density at radius 2 is 2.10 bits per heavy atom. The Hall–Kier alpha value is -0.870. The predicted octanol–water partition coefficient (Wildman–Crippen LogP) is 2.78. The molecular formula is C17H31N3O. The zero-order chi connectivity index (χ0) is 15.4. The van der Waals surface area contributed by atoms with E-state index in [0.29, 0.717) is 30.1 Å². The smallest absolute Gasteiger partial charge is 0.0597 e. The highest BCUT2D eigenvalue weighted by atomic mass is 16.5. The van der Waals surface area contributed by atoms with E-state index in [1.54, 1.807) is 0 Å². The third-order valence-corrected chi connectivity index (χ3v) is 5.07. The summed E-state index contributed by atoms with van der Waals surface area (Å²) in [7, 11) is 2.02. The molecule has 0 spiro atoms. The number of ether oxygens (including phenoxy) is 1. The summed E-state index contributed by atoms with van der Waals surface area (Å²) in [6.07, 6.45) is 5.99. The first-order valence-corrected chi connectivity index (χ1v) is 8.40. The van der Waals surface area contributed by atoms with Crippen LogP contribution in [-0.2, 0) is 18.2 Å². The van der Waals surface area contributed by atoms with E-state index in [1.807, 2.05) is 17.9 Å². The van der Waals surface area contributed by atoms with Crippen molar-refractivity contribution in [2.24, 2.45) is 18.9 Å². The van der Waals surface area contributed by atoms with Crippen LogP contribution in [0.1, 0.15) is 46.2 Å². The number of hydrogen-bond acceptors (Lipinski definition) is 3. The summed E-state index contributed by atoms with van der Waals surface area (Å²) in [6.45, 7) is 10.1. The Kier molecular flexibility index (Phi) is 5.82. The lowest BCUT2D eigenvalue weighted by atomic mass is 9.81. The monoisotopic (exact) mass is 293 g/mol. The van der Waals surface area contributed by atoms with Gasteiger partial charge >= 0.3 is 0 Å². The van der Waals surface area contributed by atoms with Gasteiger partial charge in [-0.1, -0.05) is 13.8 Å². The molecule has 4 nitrogen and oxygen atoms in total. The highest BCUT2D eigenvalue weighted by Crippen LogP contribution is 2.35. The normalized spacial score (nSPS) is 30.7. The fourth-order valence-electron chi connectivity index (χ4n) is 3.70. The van der Waals surface area contributed by atoms with Gasteiger partial charge in [0.05, 0.1) is 12.2 Å². The maximum atomic E-state index is 6.05. The molecule has 21 heavy (non-hydrogen) atoms. The van der Waals surface area contributed by atoms with E-state index >= 15 is 0 Å². The first kappa shape index (κ1) is 16.5. The molecule has 1 aromatic rings. The van der Waals surface area contributed by atoms with Gasteiger partial charge in [-0.05, 0) is 51.6 Å². The van der Waals surface area contributed by atoms with Gasteiger partial charge in [-0.2, -0.15) is 5.10 Å². The SMILES string of the molecule is CCCNC(CCc1ccnn1C)C1C(C)OC(C)C1C. The standard InChI is InChI=1S/C17H31N3O/c1-6-10-18-16(8-7-15-9-11-19-20(15)5)17-12(2)13(3)21-14(17)4/h9,11-14,16-18H,6-8,10H2,1-5H3. The lowest BCUT2D eigenvalue weighted by Gasteiger charge is -2.30. The number of aromatic nitrogens is 2. The fourth-order valence-corrected chi connectivity index (χ4v) is 3.70. The largest absolute Gasteiger partial charge is 0.375 e. The second kappa shape index (κ2) is 7.41. The van der Waals surface area contributed by atoms with E-state index in [4.69, 9.17) is 4.74 Å². The van der Waals surface area contributed by atoms with Gasteiger partial charge < -0.3 is 10.1 Å². The van der Waals surface area contributed by atoms with Crippen molar-refractivity contribution in [2.75, 3.05) is 6.54 Å². The van der Waals surface area contributed by atoms with Crippen LogP contribution in [0.4, 0.5) is 0 Å². The molecule has 1 aromatic heterocycles. The third-order valence-electron chi connectivity index (χ3n) is 5.07. The molecule has 0 aliphatic carbocycles. The van der Waals surface area contributed by atoms with Crippen molar-refractivity contribution < 1.29 is 4.74 Å². The second-order valence-electron chi connectivity index (χ2n) is 6.53. The molecule has 1 saturated heterocycles. The molecule has 0 aromatic carbocycles. The Bertz CT molecular complexity index is 431. The summed E-state index contributed by atoms with van der Waals surface area (Å²) in [5.74, 6) is 1.21. The zero-order valence-corrected chi connectivity index (χ0v) is 14.2. The number of nitrogens with zero attached hydrogens (tertiary/aromatic N) is 2. The number of hydrogen-bond donors (Lipinski definition) is 1. The fraction of sp³-hybridized carbons (Fsp3) is 0.824. The Labute approximate surface area is 129 Å². The third kappa shape index (κ3) is 3.86. The molecule has 4 heteroatoms. The van der Waals surface area contributed by atoms with Crippen molar-refractivity contribution in [1.29, 1.82) is 0 Å². The summed E-state index contributed by atoms with van der Waals surface area (Å²) < 4.78 is 8.03. The molecule has 0 radical (unpaired) electrons. The van der Waals surface area contributed by atoms with Crippen LogP contribution in [0.5, 0.6) is 0 Å². The van der Waals surface area contributed by atoms with Crippen molar-refractivity contribution in [3.63, 3.8) is 0 Å². The molecule has 0 bridgehead atoms. The van der Waals surface area contributed by atoms with Crippen LogP contribution in [0.3, 0.4) is 0 Å². The van der Waals surface area contributed by atoms with E-state index in [2.05, 4.69) is 44.2 Å². The Morgan fingerprint density at radius 1 is 1.33 bits per heavy atom. The highest BCUT2D eigenvalue weighted by Gasteiger charge is 2.41. The molecule has 5 atom stereocenters. The first-order chi connectivity index (χ1) is 10.0. The van der Waals surface area contributed by atoms with Crippen molar-refractivity contribution in [1.82, 2.24) is 15.1 Å². The minimum atomic E-state index is 0.343. The van der Waals surface area contributed by atoms with E-state index in [9.17, 15) is 0 Å².